The quantitative estimate of drug-likeness (QED) is 0.690. The van der Waals surface area contributed by atoms with E-state index in [1.807, 2.05) is 24.3 Å². The first kappa shape index (κ1) is 15.2. The highest BCUT2D eigenvalue weighted by Gasteiger charge is 2.19. The summed E-state index contributed by atoms with van der Waals surface area (Å²) >= 11 is 0. The second kappa shape index (κ2) is 6.62. The van der Waals surface area contributed by atoms with E-state index in [-0.39, 0.29) is 11.5 Å². The average molecular weight is 314 g/mol. The van der Waals surface area contributed by atoms with Gasteiger partial charge in [-0.15, -0.1) is 0 Å². The fourth-order valence-electron chi connectivity index (χ4n) is 2.62. The van der Waals surface area contributed by atoms with Gasteiger partial charge in [0.25, 0.3) is 0 Å². The van der Waals surface area contributed by atoms with Gasteiger partial charge >= 0.3 is 5.69 Å². The van der Waals surface area contributed by atoms with Gasteiger partial charge in [-0.05, 0) is 37.3 Å². The van der Waals surface area contributed by atoms with Crippen molar-refractivity contribution in [1.29, 1.82) is 0 Å². The zero-order valence-corrected chi connectivity index (χ0v) is 12.8. The lowest BCUT2D eigenvalue weighted by atomic mass is 10.2. The Morgan fingerprint density at radius 2 is 2.13 bits per heavy atom. The second-order valence-corrected chi connectivity index (χ2v) is 5.42. The molecule has 1 aromatic heterocycles. The van der Waals surface area contributed by atoms with Crippen molar-refractivity contribution < 1.29 is 9.66 Å². The van der Waals surface area contributed by atoms with E-state index in [1.54, 1.807) is 6.07 Å². The van der Waals surface area contributed by atoms with E-state index in [2.05, 4.69) is 22.1 Å². The van der Waals surface area contributed by atoms with Crippen molar-refractivity contribution in [1.82, 2.24) is 4.98 Å². The summed E-state index contributed by atoms with van der Waals surface area (Å²) in [6, 6.07) is 11.1. The van der Waals surface area contributed by atoms with Crippen LogP contribution < -0.4 is 10.2 Å². The third-order valence-electron chi connectivity index (χ3n) is 3.81. The third-order valence-corrected chi connectivity index (χ3v) is 3.81. The van der Waals surface area contributed by atoms with Crippen LogP contribution in [0.5, 0.6) is 0 Å². The smallest absolute Gasteiger partial charge is 0.311 e. The van der Waals surface area contributed by atoms with E-state index in [9.17, 15) is 10.1 Å². The predicted octanol–water partition coefficient (Wildman–Crippen LogP) is 2.96. The molecular formula is C16H18N4O3. The van der Waals surface area contributed by atoms with Gasteiger partial charge in [0.2, 0.25) is 5.82 Å². The fourth-order valence-corrected chi connectivity index (χ4v) is 2.62. The number of morpholine rings is 1. The SMILES string of the molecule is CC1COCCN1c1ccc(Nc2ncccc2[N+](=O)[O-])cc1. The van der Waals surface area contributed by atoms with Crippen LogP contribution in [0.4, 0.5) is 22.9 Å². The number of aromatic nitrogens is 1. The summed E-state index contributed by atoms with van der Waals surface area (Å²) < 4.78 is 5.45. The molecule has 0 amide bonds. The van der Waals surface area contributed by atoms with Crippen molar-refractivity contribution in [3.63, 3.8) is 0 Å². The Bertz CT molecular complexity index is 690. The van der Waals surface area contributed by atoms with Crippen LogP contribution in [0.2, 0.25) is 0 Å². The molecule has 2 heterocycles. The van der Waals surface area contributed by atoms with Crippen LogP contribution in [0.1, 0.15) is 6.92 Å². The van der Waals surface area contributed by atoms with Gasteiger partial charge in [-0.3, -0.25) is 10.1 Å². The molecule has 1 aromatic carbocycles. The number of pyridine rings is 1. The van der Waals surface area contributed by atoms with Crippen LogP contribution in [-0.2, 0) is 4.74 Å². The van der Waals surface area contributed by atoms with E-state index in [0.717, 1.165) is 31.1 Å². The van der Waals surface area contributed by atoms with Gasteiger partial charge in [0.15, 0.2) is 0 Å². The van der Waals surface area contributed by atoms with Crippen LogP contribution in [-0.4, -0.2) is 35.7 Å². The fraction of sp³-hybridized carbons (Fsp3) is 0.312. The number of anilines is 3. The highest BCUT2D eigenvalue weighted by atomic mass is 16.6. The minimum Gasteiger partial charge on any atom is -0.377 e. The topological polar surface area (TPSA) is 80.5 Å². The van der Waals surface area contributed by atoms with Crippen molar-refractivity contribution in [2.24, 2.45) is 0 Å². The molecule has 7 nitrogen and oxygen atoms in total. The average Bonchev–Trinajstić information content (AvgIpc) is 2.56. The summed E-state index contributed by atoms with van der Waals surface area (Å²) in [4.78, 5) is 16.9. The first-order chi connectivity index (χ1) is 11.1. The maximum absolute atomic E-state index is 11.0. The molecule has 2 aromatic rings. The van der Waals surface area contributed by atoms with Gasteiger partial charge in [0, 0.05) is 36.2 Å². The molecule has 1 unspecified atom stereocenters. The van der Waals surface area contributed by atoms with Gasteiger partial charge in [-0.2, -0.15) is 0 Å². The lowest BCUT2D eigenvalue weighted by Gasteiger charge is -2.35. The summed E-state index contributed by atoms with van der Waals surface area (Å²) in [5, 5.41) is 14.0. The molecule has 7 heteroatoms. The van der Waals surface area contributed by atoms with Crippen LogP contribution in [0.25, 0.3) is 0 Å². The Hall–Kier alpha value is -2.67. The number of hydrogen-bond donors (Lipinski definition) is 1. The summed E-state index contributed by atoms with van der Waals surface area (Å²) in [6.07, 6.45) is 1.53. The van der Waals surface area contributed by atoms with Crippen LogP contribution in [0.3, 0.4) is 0 Å². The Balaban J connectivity index is 1.77. The van der Waals surface area contributed by atoms with Gasteiger partial charge in [-0.25, -0.2) is 4.98 Å². The molecule has 1 atom stereocenters. The van der Waals surface area contributed by atoms with E-state index in [0.29, 0.717) is 6.04 Å². The number of ether oxygens (including phenoxy) is 1. The largest absolute Gasteiger partial charge is 0.377 e. The molecule has 0 saturated carbocycles. The molecule has 1 N–H and O–H groups in total. The van der Waals surface area contributed by atoms with Crippen molar-refractivity contribution in [2.45, 2.75) is 13.0 Å². The number of rotatable bonds is 4. The summed E-state index contributed by atoms with van der Waals surface area (Å²) in [6.45, 7) is 4.44. The van der Waals surface area contributed by atoms with E-state index in [4.69, 9.17) is 4.74 Å². The Labute approximate surface area is 134 Å². The molecule has 1 fully saturated rings. The number of benzene rings is 1. The van der Waals surface area contributed by atoms with Gasteiger partial charge < -0.3 is 15.0 Å². The minimum absolute atomic E-state index is 0.0432. The van der Waals surface area contributed by atoms with Crippen molar-refractivity contribution >= 4 is 22.9 Å². The van der Waals surface area contributed by atoms with E-state index < -0.39 is 4.92 Å². The second-order valence-electron chi connectivity index (χ2n) is 5.42. The molecule has 23 heavy (non-hydrogen) atoms. The monoisotopic (exact) mass is 314 g/mol. The summed E-state index contributed by atoms with van der Waals surface area (Å²) in [5.74, 6) is 0.241. The number of nitrogens with zero attached hydrogens (tertiary/aromatic N) is 3. The lowest BCUT2D eigenvalue weighted by Crippen LogP contribution is -2.43. The summed E-state index contributed by atoms with van der Waals surface area (Å²) in [7, 11) is 0. The number of hydrogen-bond acceptors (Lipinski definition) is 6. The van der Waals surface area contributed by atoms with Crippen molar-refractivity contribution in [2.75, 3.05) is 30.0 Å². The number of nitrogens with one attached hydrogen (secondary N) is 1. The van der Waals surface area contributed by atoms with E-state index in [1.165, 1.54) is 12.3 Å². The highest BCUT2D eigenvalue weighted by molar-refractivity contribution is 5.67. The molecule has 1 aliphatic heterocycles. The predicted molar refractivity (Wildman–Crippen MR) is 88.2 cm³/mol. The van der Waals surface area contributed by atoms with E-state index >= 15 is 0 Å². The van der Waals surface area contributed by atoms with Crippen molar-refractivity contribution in [3.05, 3.63) is 52.7 Å². The number of nitro groups is 1. The first-order valence-electron chi connectivity index (χ1n) is 7.46. The van der Waals surface area contributed by atoms with Crippen molar-refractivity contribution in [3.8, 4) is 0 Å². The maximum atomic E-state index is 11.0. The maximum Gasteiger partial charge on any atom is 0.311 e. The lowest BCUT2D eigenvalue weighted by molar-refractivity contribution is -0.384. The molecule has 0 spiro atoms. The molecule has 0 aliphatic carbocycles. The molecule has 0 radical (unpaired) electrons. The molecule has 120 valence electrons. The Morgan fingerprint density at radius 3 is 2.83 bits per heavy atom. The third kappa shape index (κ3) is 3.40. The Morgan fingerprint density at radius 1 is 1.35 bits per heavy atom. The minimum atomic E-state index is -0.445. The molecule has 3 rings (SSSR count). The standard InChI is InChI=1S/C16H18N4O3/c1-12-11-23-10-9-19(12)14-6-4-13(5-7-14)18-16-15(20(21)22)3-2-8-17-16/h2-8,12H,9-11H2,1H3,(H,17,18). The first-order valence-corrected chi connectivity index (χ1v) is 7.46. The van der Waals surface area contributed by atoms with Crippen LogP contribution >= 0.6 is 0 Å². The molecule has 1 aliphatic rings. The van der Waals surface area contributed by atoms with Crippen LogP contribution in [0, 0.1) is 10.1 Å². The van der Waals surface area contributed by atoms with Gasteiger partial charge in [0.1, 0.15) is 0 Å². The highest BCUT2D eigenvalue weighted by Crippen LogP contribution is 2.27. The normalized spacial score (nSPS) is 17.8. The molecule has 0 bridgehead atoms. The zero-order chi connectivity index (χ0) is 16.2. The molecular weight excluding hydrogens is 296 g/mol. The Kier molecular flexibility index (Phi) is 4.38. The van der Waals surface area contributed by atoms with Gasteiger partial charge in [-0.1, -0.05) is 0 Å². The van der Waals surface area contributed by atoms with Gasteiger partial charge in [0.05, 0.1) is 18.1 Å². The zero-order valence-electron chi connectivity index (χ0n) is 12.8. The van der Waals surface area contributed by atoms with Crippen LogP contribution in [0.15, 0.2) is 42.6 Å². The summed E-state index contributed by atoms with van der Waals surface area (Å²) in [5.41, 5.74) is 1.83. The molecule has 1 saturated heterocycles.